The number of nitrogens with one attached hydrogen (secondary N) is 1. The Morgan fingerprint density at radius 1 is 1.05 bits per heavy atom. The van der Waals surface area contributed by atoms with Gasteiger partial charge in [-0.25, -0.2) is 0 Å². The van der Waals surface area contributed by atoms with Gasteiger partial charge in [-0.2, -0.15) is 0 Å². The standard InChI is InChI=1S/C16H19NO2/c1-2-11-19-16-10-6-4-8-14(16)17-12-13-7-3-5-9-15(13)18/h3-10,17-18H,2,11-12H2,1H3. The quantitative estimate of drug-likeness (QED) is 0.827. The summed E-state index contributed by atoms with van der Waals surface area (Å²) in [5, 5.41) is 13.0. The molecule has 0 amide bonds. The summed E-state index contributed by atoms with van der Waals surface area (Å²) in [6.07, 6.45) is 0.980. The van der Waals surface area contributed by atoms with Gasteiger partial charge in [-0.05, 0) is 24.6 Å². The fourth-order valence-electron chi connectivity index (χ4n) is 1.80. The lowest BCUT2D eigenvalue weighted by Gasteiger charge is -2.13. The molecule has 3 heteroatoms. The largest absolute Gasteiger partial charge is 0.508 e. The number of ether oxygens (including phenoxy) is 1. The number of aromatic hydroxyl groups is 1. The number of benzene rings is 2. The first-order valence-electron chi connectivity index (χ1n) is 6.54. The van der Waals surface area contributed by atoms with Crippen molar-refractivity contribution in [2.75, 3.05) is 11.9 Å². The maximum absolute atomic E-state index is 9.73. The van der Waals surface area contributed by atoms with E-state index in [-0.39, 0.29) is 0 Å². The predicted molar refractivity (Wildman–Crippen MR) is 77.7 cm³/mol. The van der Waals surface area contributed by atoms with E-state index in [2.05, 4.69) is 12.2 Å². The van der Waals surface area contributed by atoms with Crippen molar-refractivity contribution in [2.24, 2.45) is 0 Å². The molecule has 2 aromatic carbocycles. The van der Waals surface area contributed by atoms with Gasteiger partial charge in [0.25, 0.3) is 0 Å². The molecule has 0 aromatic heterocycles. The molecule has 0 heterocycles. The molecule has 0 radical (unpaired) electrons. The smallest absolute Gasteiger partial charge is 0.142 e. The van der Waals surface area contributed by atoms with E-state index in [0.29, 0.717) is 18.9 Å². The molecule has 2 rings (SSSR count). The van der Waals surface area contributed by atoms with Crippen LogP contribution in [0, 0.1) is 0 Å². The Morgan fingerprint density at radius 3 is 2.58 bits per heavy atom. The van der Waals surface area contributed by atoms with Gasteiger partial charge >= 0.3 is 0 Å². The molecule has 0 saturated heterocycles. The van der Waals surface area contributed by atoms with Crippen LogP contribution in [0.1, 0.15) is 18.9 Å². The molecular formula is C16H19NO2. The van der Waals surface area contributed by atoms with E-state index in [1.807, 2.05) is 42.5 Å². The summed E-state index contributed by atoms with van der Waals surface area (Å²) in [4.78, 5) is 0. The van der Waals surface area contributed by atoms with Crippen molar-refractivity contribution in [1.29, 1.82) is 0 Å². The third-order valence-electron chi connectivity index (χ3n) is 2.81. The van der Waals surface area contributed by atoms with Crippen molar-refractivity contribution in [3.63, 3.8) is 0 Å². The van der Waals surface area contributed by atoms with Gasteiger partial charge in [-0.1, -0.05) is 37.3 Å². The fourth-order valence-corrected chi connectivity index (χ4v) is 1.80. The van der Waals surface area contributed by atoms with Crippen molar-refractivity contribution in [3.05, 3.63) is 54.1 Å². The number of rotatable bonds is 6. The van der Waals surface area contributed by atoms with Gasteiger partial charge in [0.05, 0.1) is 12.3 Å². The molecule has 2 aromatic rings. The van der Waals surface area contributed by atoms with Gasteiger partial charge < -0.3 is 15.2 Å². The number of anilines is 1. The highest BCUT2D eigenvalue weighted by atomic mass is 16.5. The summed E-state index contributed by atoms with van der Waals surface area (Å²) >= 11 is 0. The Hall–Kier alpha value is -2.16. The van der Waals surface area contributed by atoms with Crippen LogP contribution in [0.3, 0.4) is 0 Å². The van der Waals surface area contributed by atoms with Gasteiger partial charge in [0.15, 0.2) is 0 Å². The van der Waals surface area contributed by atoms with Crippen LogP contribution in [-0.4, -0.2) is 11.7 Å². The average molecular weight is 257 g/mol. The van der Waals surface area contributed by atoms with Gasteiger partial charge in [0.1, 0.15) is 11.5 Å². The van der Waals surface area contributed by atoms with E-state index in [4.69, 9.17) is 4.74 Å². The molecule has 3 nitrogen and oxygen atoms in total. The lowest BCUT2D eigenvalue weighted by Crippen LogP contribution is -2.03. The normalized spacial score (nSPS) is 10.2. The monoisotopic (exact) mass is 257 g/mol. The molecule has 0 unspecified atom stereocenters. The first-order chi connectivity index (χ1) is 9.31. The van der Waals surface area contributed by atoms with Crippen molar-refractivity contribution in [3.8, 4) is 11.5 Å². The summed E-state index contributed by atoms with van der Waals surface area (Å²) in [5.74, 6) is 1.15. The van der Waals surface area contributed by atoms with E-state index in [1.54, 1.807) is 6.07 Å². The Balaban J connectivity index is 2.05. The highest BCUT2D eigenvalue weighted by molar-refractivity contribution is 5.56. The van der Waals surface area contributed by atoms with Gasteiger partial charge in [-0.15, -0.1) is 0 Å². The number of hydrogen-bond donors (Lipinski definition) is 2. The van der Waals surface area contributed by atoms with Crippen LogP contribution < -0.4 is 10.1 Å². The maximum atomic E-state index is 9.73. The molecule has 19 heavy (non-hydrogen) atoms. The molecule has 0 spiro atoms. The summed E-state index contributed by atoms with van der Waals surface area (Å²) in [6, 6.07) is 15.2. The highest BCUT2D eigenvalue weighted by Crippen LogP contribution is 2.25. The summed E-state index contributed by atoms with van der Waals surface area (Å²) in [5.41, 5.74) is 1.81. The second kappa shape index (κ2) is 6.69. The zero-order valence-electron chi connectivity index (χ0n) is 11.1. The van der Waals surface area contributed by atoms with Crippen LogP contribution >= 0.6 is 0 Å². The van der Waals surface area contributed by atoms with Crippen molar-refractivity contribution in [1.82, 2.24) is 0 Å². The number of phenolic OH excluding ortho intramolecular Hbond substituents is 1. The van der Waals surface area contributed by atoms with Crippen LogP contribution in [-0.2, 0) is 6.54 Å². The van der Waals surface area contributed by atoms with Gasteiger partial charge in [0, 0.05) is 12.1 Å². The van der Waals surface area contributed by atoms with E-state index in [9.17, 15) is 5.11 Å². The topological polar surface area (TPSA) is 41.5 Å². The Bertz CT molecular complexity index is 526. The van der Waals surface area contributed by atoms with Crippen LogP contribution in [0.25, 0.3) is 0 Å². The molecule has 0 atom stereocenters. The van der Waals surface area contributed by atoms with E-state index in [0.717, 1.165) is 23.4 Å². The first-order valence-corrected chi connectivity index (χ1v) is 6.54. The van der Waals surface area contributed by atoms with Crippen molar-refractivity contribution < 1.29 is 9.84 Å². The third kappa shape index (κ3) is 3.65. The average Bonchev–Trinajstić information content (AvgIpc) is 2.45. The molecular weight excluding hydrogens is 238 g/mol. The van der Waals surface area contributed by atoms with Crippen LogP contribution in [0.15, 0.2) is 48.5 Å². The van der Waals surface area contributed by atoms with Crippen molar-refractivity contribution in [2.45, 2.75) is 19.9 Å². The molecule has 0 aliphatic carbocycles. The molecule has 0 aliphatic heterocycles. The lowest BCUT2D eigenvalue weighted by molar-refractivity contribution is 0.319. The molecule has 100 valence electrons. The Labute approximate surface area is 113 Å². The molecule has 2 N–H and O–H groups in total. The summed E-state index contributed by atoms with van der Waals surface area (Å²) in [6.45, 7) is 3.35. The minimum Gasteiger partial charge on any atom is -0.508 e. The summed E-state index contributed by atoms with van der Waals surface area (Å²) < 4.78 is 5.68. The highest BCUT2D eigenvalue weighted by Gasteiger charge is 2.04. The van der Waals surface area contributed by atoms with Crippen LogP contribution in [0.4, 0.5) is 5.69 Å². The number of hydrogen-bond acceptors (Lipinski definition) is 3. The molecule has 0 bridgehead atoms. The third-order valence-corrected chi connectivity index (χ3v) is 2.81. The second-order valence-corrected chi connectivity index (χ2v) is 4.33. The van der Waals surface area contributed by atoms with Crippen LogP contribution in [0.5, 0.6) is 11.5 Å². The van der Waals surface area contributed by atoms with Gasteiger partial charge in [0.2, 0.25) is 0 Å². The Morgan fingerprint density at radius 2 is 1.79 bits per heavy atom. The Kier molecular flexibility index (Phi) is 4.67. The molecule has 0 aliphatic rings. The lowest BCUT2D eigenvalue weighted by atomic mass is 10.2. The van der Waals surface area contributed by atoms with Gasteiger partial charge in [-0.3, -0.25) is 0 Å². The SMILES string of the molecule is CCCOc1ccccc1NCc1ccccc1O. The zero-order chi connectivity index (χ0) is 13.5. The fraction of sp³-hybridized carbons (Fsp3) is 0.250. The van der Waals surface area contributed by atoms with Crippen molar-refractivity contribution >= 4 is 5.69 Å². The van der Waals surface area contributed by atoms with E-state index >= 15 is 0 Å². The first kappa shape index (κ1) is 13.3. The molecule has 0 fully saturated rings. The zero-order valence-corrected chi connectivity index (χ0v) is 11.1. The minimum atomic E-state index is 0.307. The van der Waals surface area contributed by atoms with E-state index < -0.39 is 0 Å². The second-order valence-electron chi connectivity index (χ2n) is 4.33. The molecule has 0 saturated carbocycles. The van der Waals surface area contributed by atoms with Crippen LogP contribution in [0.2, 0.25) is 0 Å². The minimum absolute atomic E-state index is 0.307. The predicted octanol–water partition coefficient (Wildman–Crippen LogP) is 3.79. The maximum Gasteiger partial charge on any atom is 0.142 e. The number of para-hydroxylation sites is 3. The van der Waals surface area contributed by atoms with E-state index in [1.165, 1.54) is 0 Å². The number of phenols is 1. The summed E-state index contributed by atoms with van der Waals surface area (Å²) in [7, 11) is 0.